The Hall–Kier alpha value is -2.21. The summed E-state index contributed by atoms with van der Waals surface area (Å²) >= 11 is 0. The maximum atomic E-state index is 9.14. The number of hydrogen-bond acceptors (Lipinski definition) is 2. The van der Waals surface area contributed by atoms with Crippen molar-refractivity contribution in [3.8, 4) is 23.1 Å². The summed E-state index contributed by atoms with van der Waals surface area (Å²) in [5, 5.41) is 9.14. The number of nitrogens with zero attached hydrogens (tertiary/aromatic N) is 2. The van der Waals surface area contributed by atoms with E-state index in [1.165, 1.54) is 5.56 Å². The first kappa shape index (κ1) is 13.2. The first-order chi connectivity index (χ1) is 9.12. The van der Waals surface area contributed by atoms with Gasteiger partial charge in [0.1, 0.15) is 11.8 Å². The van der Waals surface area contributed by atoms with Crippen molar-refractivity contribution in [2.75, 3.05) is 7.11 Å². The lowest BCUT2D eigenvalue weighted by molar-refractivity contribution is 0.416. The lowest BCUT2D eigenvalue weighted by atomic mass is 10.0. The Labute approximate surface area is 114 Å². The molecule has 0 bridgehead atoms. The lowest BCUT2D eigenvalue weighted by Gasteiger charge is -2.12. The molecule has 3 nitrogen and oxygen atoms in total. The molecule has 0 aliphatic carbocycles. The molecule has 2 aromatic rings. The summed E-state index contributed by atoms with van der Waals surface area (Å²) in [6.07, 6.45) is 0.978. The van der Waals surface area contributed by atoms with Crippen LogP contribution in [0.25, 0.3) is 11.3 Å². The second-order valence-electron chi connectivity index (χ2n) is 4.59. The molecule has 0 spiro atoms. The highest BCUT2D eigenvalue weighted by Crippen LogP contribution is 2.33. The van der Waals surface area contributed by atoms with E-state index in [0.29, 0.717) is 5.56 Å². The van der Waals surface area contributed by atoms with Gasteiger partial charge in [0.2, 0.25) is 0 Å². The fraction of sp³-hybridized carbons (Fsp3) is 0.312. The van der Waals surface area contributed by atoms with Crippen molar-refractivity contribution in [1.82, 2.24) is 4.57 Å². The smallest absolute Gasteiger partial charge is 0.128 e. The summed E-state index contributed by atoms with van der Waals surface area (Å²) in [6.45, 7) is 4.08. The van der Waals surface area contributed by atoms with Gasteiger partial charge in [0, 0.05) is 18.3 Å². The highest BCUT2D eigenvalue weighted by molar-refractivity contribution is 5.71. The van der Waals surface area contributed by atoms with Crippen molar-refractivity contribution in [1.29, 1.82) is 5.26 Å². The van der Waals surface area contributed by atoms with Crippen molar-refractivity contribution in [2.45, 2.75) is 20.3 Å². The highest BCUT2D eigenvalue weighted by atomic mass is 16.5. The standard InChI is InChI=1S/C16H18N2O/c1-5-12-6-7-16(19-4)14(8-12)15-9-13(10-17)11(2)18(15)3/h6-9H,5H2,1-4H3. The average molecular weight is 254 g/mol. The number of benzene rings is 1. The molecule has 0 unspecified atom stereocenters. The maximum absolute atomic E-state index is 9.14. The summed E-state index contributed by atoms with van der Waals surface area (Å²) in [4.78, 5) is 0. The Morgan fingerprint density at radius 1 is 1.32 bits per heavy atom. The minimum absolute atomic E-state index is 0.710. The van der Waals surface area contributed by atoms with Crippen LogP contribution in [-0.4, -0.2) is 11.7 Å². The van der Waals surface area contributed by atoms with E-state index in [1.54, 1.807) is 7.11 Å². The van der Waals surface area contributed by atoms with Crippen molar-refractivity contribution in [3.05, 3.63) is 41.1 Å². The molecule has 0 saturated carbocycles. The van der Waals surface area contributed by atoms with Crippen LogP contribution in [0.15, 0.2) is 24.3 Å². The monoisotopic (exact) mass is 254 g/mol. The minimum atomic E-state index is 0.710. The van der Waals surface area contributed by atoms with Gasteiger partial charge in [0.05, 0.1) is 18.4 Å². The maximum Gasteiger partial charge on any atom is 0.128 e. The number of hydrogen-bond donors (Lipinski definition) is 0. The fourth-order valence-electron chi connectivity index (χ4n) is 2.25. The molecule has 0 amide bonds. The predicted octanol–water partition coefficient (Wildman–Crippen LogP) is 3.44. The van der Waals surface area contributed by atoms with Crippen LogP contribution in [0, 0.1) is 18.3 Å². The summed E-state index contributed by atoms with van der Waals surface area (Å²) in [5.74, 6) is 0.835. The van der Waals surface area contributed by atoms with E-state index in [0.717, 1.165) is 29.1 Å². The van der Waals surface area contributed by atoms with Gasteiger partial charge in [-0.3, -0.25) is 0 Å². The van der Waals surface area contributed by atoms with Gasteiger partial charge in [0.15, 0.2) is 0 Å². The van der Waals surface area contributed by atoms with Crippen molar-refractivity contribution in [2.24, 2.45) is 7.05 Å². The predicted molar refractivity (Wildman–Crippen MR) is 76.2 cm³/mol. The Morgan fingerprint density at radius 2 is 2.05 bits per heavy atom. The molecule has 0 radical (unpaired) electrons. The van der Waals surface area contributed by atoms with Gasteiger partial charge in [-0.1, -0.05) is 13.0 Å². The largest absolute Gasteiger partial charge is 0.496 e. The SMILES string of the molecule is CCc1ccc(OC)c(-c2cc(C#N)c(C)n2C)c1. The van der Waals surface area contributed by atoms with Gasteiger partial charge in [0.25, 0.3) is 0 Å². The van der Waals surface area contributed by atoms with Gasteiger partial charge in [-0.2, -0.15) is 5.26 Å². The first-order valence-corrected chi connectivity index (χ1v) is 6.36. The average Bonchev–Trinajstić information content (AvgIpc) is 2.74. The zero-order valence-corrected chi connectivity index (χ0v) is 11.8. The molecule has 0 saturated heterocycles. The van der Waals surface area contributed by atoms with E-state index < -0.39 is 0 Å². The Bertz CT molecular complexity index is 647. The van der Waals surface area contributed by atoms with Crippen LogP contribution >= 0.6 is 0 Å². The van der Waals surface area contributed by atoms with Crippen molar-refractivity contribution < 1.29 is 4.74 Å². The molecule has 1 aromatic carbocycles. The van der Waals surface area contributed by atoms with Crippen LogP contribution in [-0.2, 0) is 13.5 Å². The number of rotatable bonds is 3. The van der Waals surface area contributed by atoms with Gasteiger partial charge in [-0.25, -0.2) is 0 Å². The number of aryl methyl sites for hydroxylation is 1. The van der Waals surface area contributed by atoms with Gasteiger partial charge < -0.3 is 9.30 Å². The summed E-state index contributed by atoms with van der Waals surface area (Å²) < 4.78 is 7.48. The molecule has 2 rings (SSSR count). The van der Waals surface area contributed by atoms with Crippen LogP contribution < -0.4 is 4.74 Å². The third-order valence-corrected chi connectivity index (χ3v) is 3.60. The van der Waals surface area contributed by atoms with Crippen LogP contribution in [0.2, 0.25) is 0 Å². The Balaban J connectivity index is 2.67. The highest BCUT2D eigenvalue weighted by Gasteiger charge is 2.14. The lowest BCUT2D eigenvalue weighted by Crippen LogP contribution is -1.97. The molecule has 1 aromatic heterocycles. The summed E-state index contributed by atoms with van der Waals surface area (Å²) in [6, 6.07) is 10.3. The summed E-state index contributed by atoms with van der Waals surface area (Å²) in [7, 11) is 3.65. The molecule has 3 heteroatoms. The van der Waals surface area contributed by atoms with E-state index in [1.807, 2.05) is 30.7 Å². The molecular formula is C16H18N2O. The molecule has 98 valence electrons. The zero-order chi connectivity index (χ0) is 14.0. The normalized spacial score (nSPS) is 10.3. The molecule has 0 atom stereocenters. The molecule has 0 fully saturated rings. The van der Waals surface area contributed by atoms with Crippen LogP contribution in [0.4, 0.5) is 0 Å². The van der Waals surface area contributed by atoms with Gasteiger partial charge >= 0.3 is 0 Å². The van der Waals surface area contributed by atoms with Crippen LogP contribution in [0.1, 0.15) is 23.7 Å². The molecule has 0 N–H and O–H groups in total. The third-order valence-electron chi connectivity index (χ3n) is 3.60. The third kappa shape index (κ3) is 2.22. The Morgan fingerprint density at radius 3 is 2.58 bits per heavy atom. The van der Waals surface area contributed by atoms with E-state index in [9.17, 15) is 0 Å². The van der Waals surface area contributed by atoms with E-state index in [-0.39, 0.29) is 0 Å². The fourth-order valence-corrected chi connectivity index (χ4v) is 2.25. The number of ether oxygens (including phenoxy) is 1. The second kappa shape index (κ2) is 5.19. The topological polar surface area (TPSA) is 37.9 Å². The van der Waals surface area contributed by atoms with Gasteiger partial charge in [-0.15, -0.1) is 0 Å². The van der Waals surface area contributed by atoms with Crippen molar-refractivity contribution in [3.63, 3.8) is 0 Å². The summed E-state index contributed by atoms with van der Waals surface area (Å²) in [5.41, 5.74) is 4.99. The Kier molecular flexibility index (Phi) is 3.62. The van der Waals surface area contributed by atoms with Crippen LogP contribution in [0.5, 0.6) is 5.75 Å². The molecule has 0 aliphatic heterocycles. The van der Waals surface area contributed by atoms with Gasteiger partial charge in [-0.05, 0) is 37.1 Å². The van der Waals surface area contributed by atoms with E-state index >= 15 is 0 Å². The second-order valence-corrected chi connectivity index (χ2v) is 4.59. The number of nitriles is 1. The van der Waals surface area contributed by atoms with Crippen molar-refractivity contribution >= 4 is 0 Å². The molecule has 0 aliphatic rings. The molecule has 1 heterocycles. The van der Waals surface area contributed by atoms with E-state index in [2.05, 4.69) is 25.1 Å². The first-order valence-electron chi connectivity index (χ1n) is 6.36. The number of aromatic nitrogens is 1. The minimum Gasteiger partial charge on any atom is -0.496 e. The molecular weight excluding hydrogens is 236 g/mol. The van der Waals surface area contributed by atoms with Crippen LogP contribution in [0.3, 0.4) is 0 Å². The number of methoxy groups -OCH3 is 1. The molecule has 19 heavy (non-hydrogen) atoms. The van der Waals surface area contributed by atoms with E-state index in [4.69, 9.17) is 10.00 Å². The quantitative estimate of drug-likeness (QED) is 0.841. The zero-order valence-electron chi connectivity index (χ0n) is 11.8.